The molecule has 2 rings (SSSR count). The van der Waals surface area contributed by atoms with Gasteiger partial charge in [-0.2, -0.15) is 0 Å². The van der Waals surface area contributed by atoms with E-state index in [1.807, 2.05) is 37.4 Å². The van der Waals surface area contributed by atoms with Crippen molar-refractivity contribution in [1.82, 2.24) is 10.3 Å². The molecule has 2 aromatic rings. The Hall–Kier alpha value is -1.39. The lowest BCUT2D eigenvalue weighted by atomic mass is 10.2. The van der Waals surface area contributed by atoms with Gasteiger partial charge in [-0.3, -0.25) is 4.98 Å². The first-order chi connectivity index (χ1) is 9.19. The molecule has 19 heavy (non-hydrogen) atoms. The molecule has 0 saturated carbocycles. The van der Waals surface area contributed by atoms with Crippen molar-refractivity contribution in [3.63, 3.8) is 0 Å². The molecule has 0 aliphatic heterocycles. The molecule has 0 radical (unpaired) electrons. The van der Waals surface area contributed by atoms with E-state index in [1.165, 1.54) is 0 Å². The molecule has 4 heteroatoms. The molecular weight excluding hydrogens is 304 g/mol. The van der Waals surface area contributed by atoms with Gasteiger partial charge in [0.15, 0.2) is 0 Å². The van der Waals surface area contributed by atoms with E-state index in [9.17, 15) is 0 Å². The van der Waals surface area contributed by atoms with Crippen LogP contribution in [0.1, 0.15) is 18.1 Å². The van der Waals surface area contributed by atoms with E-state index >= 15 is 0 Å². The van der Waals surface area contributed by atoms with Crippen molar-refractivity contribution in [2.75, 3.05) is 6.54 Å². The fourth-order valence-corrected chi connectivity index (χ4v) is 2.04. The molecule has 0 atom stereocenters. The van der Waals surface area contributed by atoms with Crippen LogP contribution in [0, 0.1) is 6.92 Å². The van der Waals surface area contributed by atoms with Gasteiger partial charge in [0.25, 0.3) is 0 Å². The third-order valence-electron chi connectivity index (χ3n) is 2.73. The maximum Gasteiger partial charge on any atom is 0.146 e. The molecule has 0 unspecified atom stereocenters. The third-order valence-corrected chi connectivity index (χ3v) is 3.22. The molecule has 1 N–H and O–H groups in total. The largest absolute Gasteiger partial charge is 0.455 e. The van der Waals surface area contributed by atoms with E-state index in [2.05, 4.69) is 33.2 Å². The highest BCUT2D eigenvalue weighted by molar-refractivity contribution is 9.10. The maximum atomic E-state index is 5.89. The summed E-state index contributed by atoms with van der Waals surface area (Å²) in [6.45, 7) is 5.85. The van der Waals surface area contributed by atoms with Gasteiger partial charge >= 0.3 is 0 Å². The minimum atomic E-state index is 0.761. The number of nitrogens with one attached hydrogen (secondary N) is 1. The van der Waals surface area contributed by atoms with Crippen molar-refractivity contribution >= 4 is 15.9 Å². The van der Waals surface area contributed by atoms with Gasteiger partial charge in [-0.05, 0) is 42.8 Å². The number of benzene rings is 1. The zero-order valence-electron chi connectivity index (χ0n) is 11.1. The van der Waals surface area contributed by atoms with E-state index < -0.39 is 0 Å². The monoisotopic (exact) mass is 320 g/mol. The van der Waals surface area contributed by atoms with Crippen molar-refractivity contribution in [3.8, 4) is 11.5 Å². The maximum absolute atomic E-state index is 5.89. The van der Waals surface area contributed by atoms with Crippen LogP contribution < -0.4 is 10.1 Å². The van der Waals surface area contributed by atoms with Crippen molar-refractivity contribution in [3.05, 3.63) is 52.3 Å². The SMILES string of the molecule is CCNCc1cncc(Oc2cc(Br)ccc2C)c1. The van der Waals surface area contributed by atoms with Gasteiger partial charge in [0, 0.05) is 17.2 Å². The molecule has 100 valence electrons. The fraction of sp³-hybridized carbons (Fsp3) is 0.267. The zero-order chi connectivity index (χ0) is 13.7. The predicted molar refractivity (Wildman–Crippen MR) is 80.6 cm³/mol. The van der Waals surface area contributed by atoms with Crippen LogP contribution in [0.15, 0.2) is 41.1 Å². The Morgan fingerprint density at radius 1 is 1.26 bits per heavy atom. The Kier molecular flexibility index (Phi) is 4.93. The molecule has 0 spiro atoms. The summed E-state index contributed by atoms with van der Waals surface area (Å²) in [6, 6.07) is 8.00. The van der Waals surface area contributed by atoms with Crippen LogP contribution in [0.4, 0.5) is 0 Å². The summed E-state index contributed by atoms with van der Waals surface area (Å²) < 4.78 is 6.89. The highest BCUT2D eigenvalue weighted by Crippen LogP contribution is 2.28. The average molecular weight is 321 g/mol. The number of ether oxygens (including phenoxy) is 1. The van der Waals surface area contributed by atoms with Gasteiger partial charge in [0.2, 0.25) is 0 Å². The molecule has 1 heterocycles. The second-order valence-electron chi connectivity index (χ2n) is 4.32. The van der Waals surface area contributed by atoms with E-state index in [1.54, 1.807) is 6.20 Å². The molecule has 0 fully saturated rings. The molecule has 1 aromatic heterocycles. The topological polar surface area (TPSA) is 34.2 Å². The quantitative estimate of drug-likeness (QED) is 0.902. The smallest absolute Gasteiger partial charge is 0.146 e. The second-order valence-corrected chi connectivity index (χ2v) is 5.24. The van der Waals surface area contributed by atoms with Crippen molar-refractivity contribution in [2.24, 2.45) is 0 Å². The Bertz CT molecular complexity index is 558. The molecule has 0 aliphatic rings. The summed E-state index contributed by atoms with van der Waals surface area (Å²) in [5.74, 6) is 1.60. The fourth-order valence-electron chi connectivity index (χ4n) is 1.70. The lowest BCUT2D eigenvalue weighted by Gasteiger charge is -2.10. The molecule has 3 nitrogen and oxygen atoms in total. The number of aryl methyl sites for hydroxylation is 1. The summed E-state index contributed by atoms with van der Waals surface area (Å²) in [5.41, 5.74) is 2.22. The minimum Gasteiger partial charge on any atom is -0.455 e. The average Bonchev–Trinajstić information content (AvgIpc) is 2.41. The van der Waals surface area contributed by atoms with Crippen LogP contribution >= 0.6 is 15.9 Å². The van der Waals surface area contributed by atoms with Crippen LogP contribution in [-0.4, -0.2) is 11.5 Å². The molecule has 0 amide bonds. The summed E-state index contributed by atoms with van der Waals surface area (Å²) >= 11 is 3.45. The Morgan fingerprint density at radius 2 is 2.11 bits per heavy atom. The number of nitrogens with zero attached hydrogens (tertiary/aromatic N) is 1. The number of halogens is 1. The normalized spacial score (nSPS) is 10.5. The van der Waals surface area contributed by atoms with E-state index in [0.29, 0.717) is 0 Å². The number of pyridine rings is 1. The van der Waals surface area contributed by atoms with Crippen LogP contribution in [-0.2, 0) is 6.54 Å². The summed E-state index contributed by atoms with van der Waals surface area (Å²) in [5, 5.41) is 3.27. The van der Waals surface area contributed by atoms with Crippen LogP contribution in [0.5, 0.6) is 11.5 Å². The van der Waals surface area contributed by atoms with Gasteiger partial charge in [-0.15, -0.1) is 0 Å². The standard InChI is InChI=1S/C15H17BrN2O/c1-3-17-8-12-6-14(10-18-9-12)19-15-7-13(16)5-4-11(15)2/h4-7,9-10,17H,3,8H2,1-2H3. The summed E-state index contributed by atoms with van der Waals surface area (Å²) in [7, 11) is 0. The van der Waals surface area contributed by atoms with Gasteiger partial charge in [-0.1, -0.05) is 28.9 Å². The molecule has 0 bridgehead atoms. The summed E-state index contributed by atoms with van der Waals surface area (Å²) in [6.07, 6.45) is 3.58. The minimum absolute atomic E-state index is 0.761. The number of hydrogen-bond donors (Lipinski definition) is 1. The van der Waals surface area contributed by atoms with Crippen LogP contribution in [0.3, 0.4) is 0 Å². The number of hydrogen-bond acceptors (Lipinski definition) is 3. The molecule has 0 saturated heterocycles. The Morgan fingerprint density at radius 3 is 2.89 bits per heavy atom. The lowest BCUT2D eigenvalue weighted by molar-refractivity contribution is 0.475. The lowest BCUT2D eigenvalue weighted by Crippen LogP contribution is -2.11. The van der Waals surface area contributed by atoms with Gasteiger partial charge in [0.05, 0.1) is 6.20 Å². The first-order valence-corrected chi connectivity index (χ1v) is 7.07. The van der Waals surface area contributed by atoms with E-state index in [4.69, 9.17) is 4.74 Å². The zero-order valence-corrected chi connectivity index (χ0v) is 12.7. The highest BCUT2D eigenvalue weighted by atomic mass is 79.9. The number of aromatic nitrogens is 1. The van der Waals surface area contributed by atoms with Gasteiger partial charge < -0.3 is 10.1 Å². The molecule has 0 aliphatic carbocycles. The van der Waals surface area contributed by atoms with E-state index in [0.717, 1.165) is 40.2 Å². The Labute approximate surface area is 122 Å². The first kappa shape index (κ1) is 14.0. The van der Waals surface area contributed by atoms with E-state index in [-0.39, 0.29) is 0 Å². The van der Waals surface area contributed by atoms with Crippen molar-refractivity contribution in [2.45, 2.75) is 20.4 Å². The molecule has 1 aromatic carbocycles. The number of rotatable bonds is 5. The van der Waals surface area contributed by atoms with Gasteiger partial charge in [-0.25, -0.2) is 0 Å². The second kappa shape index (κ2) is 6.68. The third kappa shape index (κ3) is 4.04. The van der Waals surface area contributed by atoms with Crippen LogP contribution in [0.2, 0.25) is 0 Å². The Balaban J connectivity index is 2.16. The highest BCUT2D eigenvalue weighted by Gasteiger charge is 2.04. The van der Waals surface area contributed by atoms with Crippen molar-refractivity contribution in [1.29, 1.82) is 0 Å². The molecular formula is C15H17BrN2O. The summed E-state index contributed by atoms with van der Waals surface area (Å²) in [4.78, 5) is 4.21. The van der Waals surface area contributed by atoms with Crippen LogP contribution in [0.25, 0.3) is 0 Å². The predicted octanol–water partition coefficient (Wildman–Crippen LogP) is 4.05. The first-order valence-electron chi connectivity index (χ1n) is 6.27. The van der Waals surface area contributed by atoms with Gasteiger partial charge in [0.1, 0.15) is 11.5 Å². The van der Waals surface area contributed by atoms with Crippen molar-refractivity contribution < 1.29 is 4.74 Å².